The molecule has 5 nitrogen and oxygen atoms in total. The predicted octanol–water partition coefficient (Wildman–Crippen LogP) is 4.61. The van der Waals surface area contributed by atoms with Crippen LogP contribution in [0.3, 0.4) is 0 Å². The minimum atomic E-state index is -0.296. The summed E-state index contributed by atoms with van der Waals surface area (Å²) in [6, 6.07) is 14.8. The predicted molar refractivity (Wildman–Crippen MR) is 109 cm³/mol. The highest BCUT2D eigenvalue weighted by Crippen LogP contribution is 2.20. The van der Waals surface area contributed by atoms with Crippen LogP contribution >= 0.6 is 0 Å². The molecule has 27 heavy (non-hydrogen) atoms. The molecular weight excluding hydrogens is 338 g/mol. The molecule has 0 bridgehead atoms. The Labute approximate surface area is 159 Å². The molecule has 1 aliphatic carbocycles. The fraction of sp³-hybridized carbons (Fsp3) is 0.273. The summed E-state index contributed by atoms with van der Waals surface area (Å²) in [6.45, 7) is 2.42. The van der Waals surface area contributed by atoms with E-state index in [1.54, 1.807) is 0 Å². The Balaban J connectivity index is 1.49. The van der Waals surface area contributed by atoms with Gasteiger partial charge in [-0.1, -0.05) is 36.4 Å². The zero-order valence-electron chi connectivity index (χ0n) is 15.5. The lowest BCUT2D eigenvalue weighted by Crippen LogP contribution is -2.24. The van der Waals surface area contributed by atoms with E-state index in [1.165, 1.54) is 0 Å². The monoisotopic (exact) mass is 363 g/mol. The van der Waals surface area contributed by atoms with E-state index in [1.807, 2.05) is 55.5 Å². The maximum atomic E-state index is 12.2. The fourth-order valence-corrected chi connectivity index (χ4v) is 3.15. The van der Waals surface area contributed by atoms with Gasteiger partial charge >= 0.3 is 6.03 Å². The normalized spacial score (nSPS) is 15.4. The molecular formula is C22H25N3O2. The average molecular weight is 363 g/mol. The molecule has 1 atom stereocenters. The van der Waals surface area contributed by atoms with Gasteiger partial charge in [0.1, 0.15) is 0 Å². The van der Waals surface area contributed by atoms with Gasteiger partial charge in [-0.3, -0.25) is 4.79 Å². The third kappa shape index (κ3) is 5.99. The Kier molecular flexibility index (Phi) is 6.26. The van der Waals surface area contributed by atoms with E-state index < -0.39 is 0 Å². The van der Waals surface area contributed by atoms with E-state index >= 15 is 0 Å². The number of nitrogens with one attached hydrogen (secondary N) is 3. The van der Waals surface area contributed by atoms with E-state index in [2.05, 4.69) is 28.1 Å². The first-order chi connectivity index (χ1) is 13.1. The molecule has 140 valence electrons. The zero-order valence-corrected chi connectivity index (χ0v) is 15.5. The van der Waals surface area contributed by atoms with Crippen LogP contribution in [0.1, 0.15) is 30.4 Å². The lowest BCUT2D eigenvalue weighted by atomic mass is 10.1. The summed E-state index contributed by atoms with van der Waals surface area (Å²) in [5.41, 5.74) is 3.46. The first-order valence-electron chi connectivity index (χ1n) is 9.25. The van der Waals surface area contributed by atoms with Crippen molar-refractivity contribution in [2.45, 2.75) is 32.7 Å². The van der Waals surface area contributed by atoms with Crippen LogP contribution in [0.25, 0.3) is 0 Å². The van der Waals surface area contributed by atoms with E-state index in [0.29, 0.717) is 24.6 Å². The maximum Gasteiger partial charge on any atom is 0.323 e. The Hall–Kier alpha value is -3.08. The number of amides is 3. The van der Waals surface area contributed by atoms with Gasteiger partial charge in [-0.05, 0) is 61.1 Å². The Bertz CT molecular complexity index is 845. The van der Waals surface area contributed by atoms with Crippen LogP contribution in [0.4, 0.5) is 16.2 Å². The highest BCUT2D eigenvalue weighted by Gasteiger charge is 2.13. The van der Waals surface area contributed by atoms with E-state index in [9.17, 15) is 9.59 Å². The van der Waals surface area contributed by atoms with Gasteiger partial charge in [-0.15, -0.1) is 0 Å². The minimum Gasteiger partial charge on any atom is -0.352 e. The van der Waals surface area contributed by atoms with Gasteiger partial charge in [0.05, 0.1) is 0 Å². The molecule has 0 heterocycles. The lowest BCUT2D eigenvalue weighted by Gasteiger charge is -2.11. The Morgan fingerprint density at radius 2 is 1.78 bits per heavy atom. The van der Waals surface area contributed by atoms with Gasteiger partial charge in [0.25, 0.3) is 0 Å². The van der Waals surface area contributed by atoms with Gasteiger partial charge in [0, 0.05) is 24.3 Å². The molecule has 3 N–H and O–H groups in total. The standard InChI is InChI=1S/C22H25N3O2/c1-16-6-4-10-19(12-16)24-22(27)25-20-11-5-9-18(13-20)15-23-21(26)14-17-7-2-3-8-17/h2,4-7,9-13,17H,3,8,14-15H2,1H3,(H,23,26)(H2,24,25,27). The number of aryl methyl sites for hydroxylation is 1. The lowest BCUT2D eigenvalue weighted by molar-refractivity contribution is -0.121. The average Bonchev–Trinajstić information content (AvgIpc) is 3.13. The molecule has 2 aromatic rings. The number of rotatable bonds is 6. The molecule has 0 saturated heterocycles. The molecule has 0 saturated carbocycles. The summed E-state index contributed by atoms with van der Waals surface area (Å²) in [5.74, 6) is 0.422. The summed E-state index contributed by atoms with van der Waals surface area (Å²) < 4.78 is 0. The highest BCUT2D eigenvalue weighted by molar-refractivity contribution is 5.99. The Morgan fingerprint density at radius 1 is 1.04 bits per heavy atom. The van der Waals surface area contributed by atoms with Gasteiger partial charge < -0.3 is 16.0 Å². The van der Waals surface area contributed by atoms with Crippen molar-refractivity contribution in [1.29, 1.82) is 0 Å². The number of carbonyl (C=O) groups excluding carboxylic acids is 2. The molecule has 1 aliphatic rings. The second-order valence-corrected chi connectivity index (χ2v) is 6.90. The molecule has 5 heteroatoms. The third-order valence-corrected chi connectivity index (χ3v) is 4.51. The topological polar surface area (TPSA) is 70.2 Å². The summed E-state index contributed by atoms with van der Waals surface area (Å²) in [4.78, 5) is 24.2. The highest BCUT2D eigenvalue weighted by atomic mass is 16.2. The van der Waals surface area contributed by atoms with Gasteiger partial charge in [-0.25, -0.2) is 4.79 Å². The van der Waals surface area contributed by atoms with Crippen molar-refractivity contribution >= 4 is 23.3 Å². The zero-order chi connectivity index (χ0) is 19.1. The van der Waals surface area contributed by atoms with Crippen molar-refractivity contribution in [2.24, 2.45) is 5.92 Å². The first kappa shape index (κ1) is 18.7. The summed E-state index contributed by atoms with van der Waals surface area (Å²) in [5, 5.41) is 8.59. The van der Waals surface area contributed by atoms with Crippen molar-refractivity contribution < 1.29 is 9.59 Å². The number of hydrogen-bond acceptors (Lipinski definition) is 2. The maximum absolute atomic E-state index is 12.2. The number of hydrogen-bond donors (Lipinski definition) is 3. The molecule has 0 spiro atoms. The molecule has 3 amide bonds. The van der Waals surface area contributed by atoms with Crippen molar-refractivity contribution in [3.8, 4) is 0 Å². The molecule has 1 unspecified atom stereocenters. The molecule has 0 radical (unpaired) electrons. The van der Waals surface area contributed by atoms with E-state index in [4.69, 9.17) is 0 Å². The van der Waals surface area contributed by atoms with Crippen molar-refractivity contribution in [3.63, 3.8) is 0 Å². The first-order valence-corrected chi connectivity index (χ1v) is 9.25. The molecule has 0 aromatic heterocycles. The quantitative estimate of drug-likeness (QED) is 0.656. The number of allylic oxidation sites excluding steroid dienone is 2. The van der Waals surface area contributed by atoms with Crippen LogP contribution < -0.4 is 16.0 Å². The second kappa shape index (κ2) is 9.03. The number of benzene rings is 2. The van der Waals surface area contributed by atoms with Crippen LogP contribution in [0, 0.1) is 12.8 Å². The van der Waals surface area contributed by atoms with Gasteiger partial charge in [-0.2, -0.15) is 0 Å². The van der Waals surface area contributed by atoms with E-state index in [-0.39, 0.29) is 11.9 Å². The Morgan fingerprint density at radius 3 is 2.48 bits per heavy atom. The summed E-state index contributed by atoms with van der Waals surface area (Å²) in [6.07, 6.45) is 6.92. The van der Waals surface area contributed by atoms with E-state index in [0.717, 1.165) is 29.7 Å². The molecule has 3 rings (SSSR count). The minimum absolute atomic E-state index is 0.0575. The second-order valence-electron chi connectivity index (χ2n) is 6.90. The van der Waals surface area contributed by atoms with Crippen LogP contribution in [-0.2, 0) is 11.3 Å². The van der Waals surface area contributed by atoms with Crippen molar-refractivity contribution in [2.75, 3.05) is 10.6 Å². The molecule has 0 fully saturated rings. The van der Waals surface area contributed by atoms with Crippen LogP contribution in [-0.4, -0.2) is 11.9 Å². The SMILES string of the molecule is Cc1cccc(NC(=O)Nc2cccc(CNC(=O)CC3C=CCC3)c2)c1. The molecule has 2 aromatic carbocycles. The number of urea groups is 1. The van der Waals surface area contributed by atoms with Gasteiger partial charge in [0.2, 0.25) is 5.91 Å². The summed E-state index contributed by atoms with van der Waals surface area (Å²) >= 11 is 0. The fourth-order valence-electron chi connectivity index (χ4n) is 3.15. The van der Waals surface area contributed by atoms with Crippen molar-refractivity contribution in [1.82, 2.24) is 5.32 Å². The van der Waals surface area contributed by atoms with Crippen LogP contribution in [0.15, 0.2) is 60.7 Å². The number of carbonyl (C=O) groups is 2. The van der Waals surface area contributed by atoms with Crippen molar-refractivity contribution in [3.05, 3.63) is 71.8 Å². The summed E-state index contributed by atoms with van der Waals surface area (Å²) in [7, 11) is 0. The third-order valence-electron chi connectivity index (χ3n) is 4.51. The number of anilines is 2. The molecule has 0 aliphatic heterocycles. The largest absolute Gasteiger partial charge is 0.352 e. The van der Waals surface area contributed by atoms with Gasteiger partial charge in [0.15, 0.2) is 0 Å². The van der Waals surface area contributed by atoms with Crippen LogP contribution in [0.5, 0.6) is 0 Å². The van der Waals surface area contributed by atoms with Crippen LogP contribution in [0.2, 0.25) is 0 Å². The smallest absolute Gasteiger partial charge is 0.323 e.